The van der Waals surface area contributed by atoms with Crippen LogP contribution in [0.4, 0.5) is 0 Å². The molecule has 4 N–H and O–H groups in total. The maximum absolute atomic E-state index is 5.77. The van der Waals surface area contributed by atoms with Crippen molar-refractivity contribution in [3.05, 3.63) is 325 Å². The smallest absolute Gasteiger partial charge is 0.0737 e. The maximum atomic E-state index is 5.77. The lowest BCUT2D eigenvalue weighted by molar-refractivity contribution is 1.31. The van der Waals surface area contributed by atoms with Gasteiger partial charge in [-0.15, -0.1) is 0 Å². The molecule has 0 radical (unpaired) electrons. The highest BCUT2D eigenvalue weighted by Crippen LogP contribution is 2.45. The molecular weight excluding hydrogens is 1190 g/mol. The molecule has 8 nitrogen and oxygen atoms in total. The summed E-state index contributed by atoms with van der Waals surface area (Å²) in [6.45, 7) is 0. The Bertz CT molecular complexity index is 6180. The molecule has 0 unspecified atom stereocenters. The number of aromatic nitrogens is 8. The first kappa shape index (κ1) is 56.3. The number of hydrogen-bond donors (Lipinski definition) is 4. The second-order valence-corrected chi connectivity index (χ2v) is 25.1. The van der Waals surface area contributed by atoms with Gasteiger partial charge in [0.25, 0.3) is 0 Å². The number of benzene rings is 9. The zero-order valence-corrected chi connectivity index (χ0v) is 53.0. The van der Waals surface area contributed by atoms with E-state index in [1.165, 1.54) is 0 Å². The van der Waals surface area contributed by atoms with E-state index in [0.29, 0.717) is 0 Å². The van der Waals surface area contributed by atoms with E-state index in [-0.39, 0.29) is 0 Å². The van der Waals surface area contributed by atoms with E-state index in [9.17, 15) is 0 Å². The molecule has 6 aromatic heterocycles. The minimum Gasteiger partial charge on any atom is -0.354 e. The predicted octanol–water partition coefficient (Wildman–Crippen LogP) is 23.3. The molecule has 0 atom stereocenters. The van der Waals surface area contributed by atoms with Crippen molar-refractivity contribution in [1.82, 2.24) is 39.9 Å². The number of aromatic amines is 4. The molecule has 4 aliphatic heterocycles. The van der Waals surface area contributed by atoms with Crippen molar-refractivity contribution in [2.24, 2.45) is 0 Å². The monoisotopic (exact) mass is 1250 g/mol. The van der Waals surface area contributed by atoms with Gasteiger partial charge in [0.15, 0.2) is 0 Å². The van der Waals surface area contributed by atoms with Crippen LogP contribution in [0.2, 0.25) is 0 Å². The van der Waals surface area contributed by atoms with E-state index in [0.717, 1.165) is 200 Å². The van der Waals surface area contributed by atoms with Gasteiger partial charge in [-0.3, -0.25) is 0 Å². The van der Waals surface area contributed by atoms with Crippen LogP contribution >= 0.6 is 0 Å². The minimum atomic E-state index is 0.831. The summed E-state index contributed by atoms with van der Waals surface area (Å²) in [5, 5.41) is 4.41. The highest BCUT2D eigenvalue weighted by molar-refractivity contribution is 6.17. The van der Waals surface area contributed by atoms with Gasteiger partial charge in [-0.25, -0.2) is 19.9 Å². The van der Waals surface area contributed by atoms with Crippen molar-refractivity contribution in [3.8, 4) is 89.0 Å². The summed E-state index contributed by atoms with van der Waals surface area (Å²) in [6.07, 6.45) is 17.3. The first-order valence-electron chi connectivity index (χ1n) is 33.2. The number of H-pyrrole nitrogens is 4. The lowest BCUT2D eigenvalue weighted by atomic mass is 9.90. The first-order valence-corrected chi connectivity index (χ1v) is 33.2. The zero-order valence-electron chi connectivity index (χ0n) is 53.0. The van der Waals surface area contributed by atoms with Gasteiger partial charge in [-0.05, 0) is 175 Å². The average molecular weight is 1250 g/mol. The van der Waals surface area contributed by atoms with E-state index in [1.54, 1.807) is 0 Å². The molecule has 0 saturated carbocycles. The second-order valence-electron chi connectivity index (χ2n) is 25.1. The Morgan fingerprint density at radius 1 is 0.173 bits per heavy atom. The molecule has 8 heteroatoms. The molecule has 0 saturated heterocycles. The fourth-order valence-electron chi connectivity index (χ4n) is 14.9. The minimum absolute atomic E-state index is 0.831. The van der Waals surface area contributed by atoms with Gasteiger partial charge < -0.3 is 19.9 Å². The summed E-state index contributed by atoms with van der Waals surface area (Å²) < 4.78 is 0. The van der Waals surface area contributed by atoms with Crippen LogP contribution in [-0.4, -0.2) is 39.9 Å². The quantitative estimate of drug-likeness (QED) is 0.113. The highest BCUT2D eigenvalue weighted by Gasteiger charge is 2.24. The lowest BCUT2D eigenvalue weighted by Crippen LogP contribution is -1.92. The Labute approximate surface area is 564 Å². The number of nitrogens with one attached hydrogen (secondary N) is 4. The van der Waals surface area contributed by atoms with Gasteiger partial charge in [-0.1, -0.05) is 218 Å². The van der Waals surface area contributed by atoms with Crippen molar-refractivity contribution in [1.29, 1.82) is 0 Å². The van der Waals surface area contributed by atoms with Crippen LogP contribution in [0.1, 0.15) is 45.6 Å². The van der Waals surface area contributed by atoms with E-state index < -0.39 is 0 Å². The van der Waals surface area contributed by atoms with Gasteiger partial charge in [0.05, 0.1) is 45.6 Å². The zero-order chi connectivity index (χ0) is 64.6. The van der Waals surface area contributed by atoms with Crippen molar-refractivity contribution in [3.63, 3.8) is 0 Å². The molecule has 9 aromatic carbocycles. The van der Waals surface area contributed by atoms with E-state index in [1.807, 2.05) is 0 Å². The Morgan fingerprint density at radius 2 is 0.408 bits per heavy atom. The van der Waals surface area contributed by atoms with Crippen molar-refractivity contribution >= 4 is 114 Å². The summed E-state index contributed by atoms with van der Waals surface area (Å²) in [7, 11) is 0. The van der Waals surface area contributed by atoms with Crippen molar-refractivity contribution in [2.75, 3.05) is 0 Å². The third-order valence-electron chi connectivity index (χ3n) is 19.3. The largest absolute Gasteiger partial charge is 0.354 e. The molecule has 4 aliphatic rings. The van der Waals surface area contributed by atoms with Gasteiger partial charge >= 0.3 is 0 Å². The SMILES string of the molecule is C1=Cc2nc1c(-c1ccccc1)c1ccc([nH]1)c(-c1ccccc1)c1nc(c(-c3ccc4c(c3)cc(-c3c5nc(c(-c6ccccc6)c6ccc([nH]6)c(-c6ccccc6)c6nc(c(-c7ccccc7)c7ccc3[nH]7)C=C6)C=C5)c3ccccc34)c3ccc([nH]3)c2-c2ccccc2)C=C1. The van der Waals surface area contributed by atoms with E-state index >= 15 is 0 Å². The Balaban J connectivity index is 0.899. The van der Waals surface area contributed by atoms with Crippen LogP contribution in [0.3, 0.4) is 0 Å². The molecule has 19 rings (SSSR count). The maximum Gasteiger partial charge on any atom is 0.0737 e. The summed E-state index contributed by atoms with van der Waals surface area (Å²) in [6, 6.07) is 99.2. The molecule has 0 aliphatic carbocycles. The third-order valence-corrected chi connectivity index (χ3v) is 19.3. The molecule has 458 valence electrons. The summed E-state index contributed by atoms with van der Waals surface area (Å²) in [4.78, 5) is 38.5. The normalized spacial score (nSPS) is 12.3. The van der Waals surface area contributed by atoms with Gasteiger partial charge in [-0.2, -0.15) is 0 Å². The van der Waals surface area contributed by atoms with Crippen LogP contribution in [-0.2, 0) is 0 Å². The molecule has 16 bridgehead atoms. The Kier molecular flexibility index (Phi) is 13.4. The highest BCUT2D eigenvalue weighted by atomic mass is 14.8. The van der Waals surface area contributed by atoms with Crippen LogP contribution in [0.5, 0.6) is 0 Å². The number of nitrogens with zero attached hydrogens (tertiary/aromatic N) is 4. The Morgan fingerprint density at radius 3 is 0.694 bits per heavy atom. The second kappa shape index (κ2) is 23.3. The third kappa shape index (κ3) is 9.69. The molecular formula is C90H58N8. The van der Waals surface area contributed by atoms with E-state index in [4.69, 9.17) is 19.9 Å². The number of hydrogen-bond acceptors (Lipinski definition) is 4. The topological polar surface area (TPSA) is 115 Å². The van der Waals surface area contributed by atoms with Crippen molar-refractivity contribution in [2.45, 2.75) is 0 Å². The van der Waals surface area contributed by atoms with Gasteiger partial charge in [0.1, 0.15) is 0 Å². The van der Waals surface area contributed by atoms with Crippen LogP contribution < -0.4 is 0 Å². The summed E-state index contributed by atoms with van der Waals surface area (Å²) in [5.41, 5.74) is 30.6. The first-order chi connectivity index (χ1) is 48.6. The fraction of sp³-hybridized carbons (Fsp3) is 0. The Hall–Kier alpha value is -13.3. The lowest BCUT2D eigenvalue weighted by Gasteiger charge is -2.14. The summed E-state index contributed by atoms with van der Waals surface area (Å²) in [5.74, 6) is 0. The van der Waals surface area contributed by atoms with Gasteiger partial charge in [0.2, 0.25) is 0 Å². The fourth-order valence-corrected chi connectivity index (χ4v) is 14.9. The standard InChI is InChI=1S/C90H58N8/c1-7-21-55(22-8-1)83-67-37-39-71(91-67)85(57-25-11-3-12-26-57)75-45-47-79(95-75)89(80-48-46-76(96-80)86(58-27-13-4-14-28-58)72-40-38-68(83)92-72)61-35-36-63-62(53-61)54-66(65-34-20-19-33-64(63)65)90-81-51-49-77(97-81)87(59-29-15-5-16-30-59)73-43-41-69(93-73)84(56-23-9-2-10-24-56)70-42-44-74(94-70)88(60-31-17-6-18-32-60)78-50-52-82(90)98-78/h1-54,91,93,96,98H. The molecule has 98 heavy (non-hydrogen) atoms. The molecule has 10 heterocycles. The van der Waals surface area contributed by atoms with Gasteiger partial charge in [0, 0.05) is 88.6 Å². The predicted molar refractivity (Wildman–Crippen MR) is 410 cm³/mol. The molecule has 0 spiro atoms. The molecule has 0 fully saturated rings. The van der Waals surface area contributed by atoms with Crippen LogP contribution in [0.15, 0.2) is 279 Å². The van der Waals surface area contributed by atoms with E-state index in [2.05, 4.69) is 348 Å². The number of fused-ring (bicyclic) bond motifs is 19. The summed E-state index contributed by atoms with van der Waals surface area (Å²) >= 11 is 0. The van der Waals surface area contributed by atoms with Crippen LogP contribution in [0, 0.1) is 0 Å². The van der Waals surface area contributed by atoms with Crippen molar-refractivity contribution < 1.29 is 0 Å². The number of rotatable bonds is 8. The molecule has 0 amide bonds. The average Bonchev–Trinajstić information content (AvgIpc) is 1.31. The molecule has 15 aromatic rings. The van der Waals surface area contributed by atoms with Crippen LogP contribution in [0.25, 0.3) is 203 Å².